The first-order valence-electron chi connectivity index (χ1n) is 10.0. The topological polar surface area (TPSA) is 150 Å². The van der Waals surface area contributed by atoms with Crippen LogP contribution in [0.15, 0.2) is 46.2 Å². The number of nitrogens with one attached hydrogen (secondary N) is 2. The zero-order chi connectivity index (χ0) is 23.5. The number of fused-ring (bicyclic) bond motifs is 1. The van der Waals surface area contributed by atoms with Crippen LogP contribution in [0.1, 0.15) is 5.56 Å². The van der Waals surface area contributed by atoms with Crippen molar-refractivity contribution in [1.29, 1.82) is 0 Å². The number of ether oxygens (including phenoxy) is 1. The molecule has 0 spiro atoms. The van der Waals surface area contributed by atoms with Crippen LogP contribution in [0, 0.1) is 0 Å². The van der Waals surface area contributed by atoms with Crippen LogP contribution in [-0.2, 0) is 34.0 Å². The normalized spacial score (nSPS) is 13.5. The van der Waals surface area contributed by atoms with E-state index in [1.54, 1.807) is 4.57 Å². The molecule has 0 bridgehead atoms. The summed E-state index contributed by atoms with van der Waals surface area (Å²) in [4.78, 5) is 66.2. The Kier molecular flexibility index (Phi) is 6.04. The molecular weight excluding hydrogens is 434 g/mol. The number of carbonyl (C=O) groups excluding carboxylic acids is 3. The number of nitrogens with zero attached hydrogens (tertiary/aromatic N) is 5. The van der Waals surface area contributed by atoms with E-state index >= 15 is 0 Å². The van der Waals surface area contributed by atoms with Gasteiger partial charge in [-0.2, -0.15) is 0 Å². The van der Waals surface area contributed by atoms with Crippen molar-refractivity contribution in [3.63, 3.8) is 0 Å². The van der Waals surface area contributed by atoms with Gasteiger partial charge in [-0.3, -0.25) is 29.7 Å². The highest BCUT2D eigenvalue weighted by molar-refractivity contribution is 6.02. The molecular formula is C20H21N7O6. The van der Waals surface area contributed by atoms with Gasteiger partial charge in [0.2, 0.25) is 5.91 Å². The molecule has 0 unspecified atom stereocenters. The molecule has 4 amide bonds. The first-order valence-corrected chi connectivity index (χ1v) is 10.0. The van der Waals surface area contributed by atoms with Gasteiger partial charge in [-0.25, -0.2) is 24.1 Å². The molecule has 1 aliphatic rings. The van der Waals surface area contributed by atoms with E-state index in [0.717, 1.165) is 15.1 Å². The van der Waals surface area contributed by atoms with Crippen molar-refractivity contribution in [1.82, 2.24) is 34.4 Å². The number of urea groups is 1. The molecule has 3 heterocycles. The van der Waals surface area contributed by atoms with Gasteiger partial charge in [0.05, 0.1) is 19.5 Å². The van der Waals surface area contributed by atoms with Crippen molar-refractivity contribution >= 4 is 29.0 Å². The minimum Gasteiger partial charge on any atom is -0.383 e. The Morgan fingerprint density at radius 2 is 1.91 bits per heavy atom. The monoisotopic (exact) mass is 455 g/mol. The fourth-order valence-corrected chi connectivity index (χ4v) is 3.51. The average Bonchev–Trinajstić information content (AvgIpc) is 3.35. The molecule has 2 aromatic heterocycles. The van der Waals surface area contributed by atoms with Gasteiger partial charge in [0.15, 0.2) is 11.2 Å². The molecule has 1 fully saturated rings. The zero-order valence-electron chi connectivity index (χ0n) is 17.7. The number of imidazole rings is 1. The van der Waals surface area contributed by atoms with Crippen LogP contribution >= 0.6 is 0 Å². The Morgan fingerprint density at radius 1 is 1.15 bits per heavy atom. The van der Waals surface area contributed by atoms with E-state index in [2.05, 4.69) is 10.4 Å². The Labute approximate surface area is 186 Å². The van der Waals surface area contributed by atoms with Crippen LogP contribution in [0.25, 0.3) is 11.2 Å². The highest BCUT2D eigenvalue weighted by atomic mass is 16.5. The number of aromatic nitrogens is 4. The third-order valence-corrected chi connectivity index (χ3v) is 5.06. The number of benzene rings is 1. The number of imide groups is 1. The molecule has 33 heavy (non-hydrogen) atoms. The van der Waals surface area contributed by atoms with Crippen molar-refractivity contribution in [2.24, 2.45) is 0 Å². The van der Waals surface area contributed by atoms with Crippen molar-refractivity contribution in [2.75, 3.05) is 20.3 Å². The van der Waals surface area contributed by atoms with Crippen LogP contribution in [0.5, 0.6) is 0 Å². The second kappa shape index (κ2) is 9.08. The average molecular weight is 455 g/mol. The highest BCUT2D eigenvalue weighted by Gasteiger charge is 2.29. The van der Waals surface area contributed by atoms with Crippen molar-refractivity contribution in [3.8, 4) is 0 Å². The predicted octanol–water partition coefficient (Wildman–Crippen LogP) is -1.36. The Morgan fingerprint density at radius 3 is 2.58 bits per heavy atom. The lowest BCUT2D eigenvalue weighted by Gasteiger charge is -2.16. The summed E-state index contributed by atoms with van der Waals surface area (Å²) in [7, 11) is 1.52. The van der Waals surface area contributed by atoms with Crippen LogP contribution in [-0.4, -0.2) is 61.8 Å². The molecule has 1 saturated heterocycles. The fraction of sp³-hybridized carbons (Fsp3) is 0.300. The lowest BCUT2D eigenvalue weighted by molar-refractivity contribution is -0.125. The van der Waals surface area contributed by atoms with Gasteiger partial charge in [0.1, 0.15) is 13.1 Å². The van der Waals surface area contributed by atoms with Gasteiger partial charge in [-0.15, -0.1) is 0 Å². The highest BCUT2D eigenvalue weighted by Crippen LogP contribution is 2.10. The van der Waals surface area contributed by atoms with Crippen LogP contribution in [0.4, 0.5) is 4.79 Å². The standard InChI is InChI=1S/C20H21N7O6/c1-33-8-7-24-12-21-17-16(24)18(30)26(10-15(29)23-27-11-14(28)22-19(27)31)20(32)25(17)9-13-5-3-2-4-6-13/h2-6,12H,7-11H2,1H3,(H,23,29)(H,22,28,31). The molecule has 172 valence electrons. The SMILES string of the molecule is COCCn1cnc2c1c(=O)n(CC(=O)NN1CC(=O)NC1=O)c(=O)n2Cc1ccccc1. The smallest absolute Gasteiger partial charge is 0.343 e. The van der Waals surface area contributed by atoms with E-state index < -0.39 is 35.6 Å². The Bertz CT molecular complexity index is 1340. The molecule has 0 saturated carbocycles. The maximum absolute atomic E-state index is 13.2. The Hall–Kier alpha value is -4.26. The van der Waals surface area contributed by atoms with E-state index in [1.807, 2.05) is 35.6 Å². The molecule has 13 nitrogen and oxygen atoms in total. The van der Waals surface area contributed by atoms with E-state index in [9.17, 15) is 24.0 Å². The number of amides is 4. The molecule has 3 aromatic rings. The molecule has 2 N–H and O–H groups in total. The first kappa shape index (κ1) is 22.0. The summed E-state index contributed by atoms with van der Waals surface area (Å²) in [6.45, 7) is -0.270. The van der Waals surface area contributed by atoms with Gasteiger partial charge < -0.3 is 9.30 Å². The van der Waals surface area contributed by atoms with E-state index in [1.165, 1.54) is 18.0 Å². The summed E-state index contributed by atoms with van der Waals surface area (Å²) in [5.74, 6) is -1.39. The maximum Gasteiger partial charge on any atom is 0.343 e. The van der Waals surface area contributed by atoms with Crippen molar-refractivity contribution in [2.45, 2.75) is 19.6 Å². The number of carbonyl (C=O) groups is 3. The summed E-state index contributed by atoms with van der Waals surface area (Å²) < 4.78 is 8.73. The zero-order valence-corrected chi connectivity index (χ0v) is 17.7. The Balaban J connectivity index is 1.75. The fourth-order valence-electron chi connectivity index (χ4n) is 3.51. The van der Waals surface area contributed by atoms with E-state index in [4.69, 9.17) is 4.74 Å². The minimum atomic E-state index is -0.812. The molecule has 13 heteroatoms. The number of hydrazine groups is 1. The first-order chi connectivity index (χ1) is 15.9. The lowest BCUT2D eigenvalue weighted by Crippen LogP contribution is -2.49. The second-order valence-corrected chi connectivity index (χ2v) is 7.32. The number of hydrogen-bond donors (Lipinski definition) is 2. The third-order valence-electron chi connectivity index (χ3n) is 5.06. The molecule has 1 aliphatic heterocycles. The van der Waals surface area contributed by atoms with E-state index in [-0.39, 0.29) is 24.3 Å². The van der Waals surface area contributed by atoms with Crippen LogP contribution < -0.4 is 22.0 Å². The summed E-state index contributed by atoms with van der Waals surface area (Å²) in [5, 5.41) is 2.80. The summed E-state index contributed by atoms with van der Waals surface area (Å²) in [5.41, 5.74) is 1.93. The quantitative estimate of drug-likeness (QED) is 0.398. The van der Waals surface area contributed by atoms with E-state index in [0.29, 0.717) is 13.2 Å². The molecule has 0 radical (unpaired) electrons. The van der Waals surface area contributed by atoms with Crippen LogP contribution in [0.3, 0.4) is 0 Å². The third kappa shape index (κ3) is 4.39. The predicted molar refractivity (Wildman–Crippen MR) is 114 cm³/mol. The summed E-state index contributed by atoms with van der Waals surface area (Å²) in [6.07, 6.45) is 1.44. The number of methoxy groups -OCH3 is 1. The summed E-state index contributed by atoms with van der Waals surface area (Å²) >= 11 is 0. The maximum atomic E-state index is 13.2. The lowest BCUT2D eigenvalue weighted by atomic mass is 10.2. The number of rotatable bonds is 8. The molecule has 0 aliphatic carbocycles. The minimum absolute atomic E-state index is 0.127. The molecule has 4 rings (SSSR count). The molecule has 1 aromatic carbocycles. The van der Waals surface area contributed by atoms with Gasteiger partial charge in [-0.05, 0) is 5.56 Å². The van der Waals surface area contributed by atoms with Gasteiger partial charge >= 0.3 is 11.7 Å². The van der Waals surface area contributed by atoms with Gasteiger partial charge in [0.25, 0.3) is 11.5 Å². The van der Waals surface area contributed by atoms with Gasteiger partial charge in [0, 0.05) is 13.7 Å². The van der Waals surface area contributed by atoms with Gasteiger partial charge in [-0.1, -0.05) is 30.3 Å². The van der Waals surface area contributed by atoms with Crippen molar-refractivity contribution in [3.05, 3.63) is 63.1 Å². The largest absolute Gasteiger partial charge is 0.383 e. The molecule has 0 atom stereocenters. The summed E-state index contributed by atoms with van der Waals surface area (Å²) in [6, 6.07) is 8.33. The van der Waals surface area contributed by atoms with Crippen molar-refractivity contribution < 1.29 is 19.1 Å². The van der Waals surface area contributed by atoms with Crippen LogP contribution in [0.2, 0.25) is 0 Å². The number of hydrogen-bond acceptors (Lipinski definition) is 7. The second-order valence-electron chi connectivity index (χ2n) is 7.32.